The van der Waals surface area contributed by atoms with Crippen molar-refractivity contribution in [2.45, 2.75) is 19.0 Å². The predicted octanol–water partition coefficient (Wildman–Crippen LogP) is -1.01. The van der Waals surface area contributed by atoms with Gasteiger partial charge in [-0.1, -0.05) is 12.1 Å². The Kier molecular flexibility index (Phi) is 6.14. The van der Waals surface area contributed by atoms with Gasteiger partial charge in [0.1, 0.15) is 5.75 Å². The van der Waals surface area contributed by atoms with E-state index in [1.807, 2.05) is 29.2 Å². The maximum absolute atomic E-state index is 12.1. The van der Waals surface area contributed by atoms with Gasteiger partial charge in [0, 0.05) is 19.6 Å². The number of rotatable bonds is 7. The molecular weight excluding hydrogens is 312 g/mol. The molecule has 1 aromatic carbocycles. The molecule has 1 aromatic rings. The van der Waals surface area contributed by atoms with Gasteiger partial charge in [0.25, 0.3) is 0 Å². The van der Waals surface area contributed by atoms with Crippen LogP contribution in [0.3, 0.4) is 0 Å². The van der Waals surface area contributed by atoms with Crippen molar-refractivity contribution in [3.63, 3.8) is 0 Å². The van der Waals surface area contributed by atoms with Crippen LogP contribution in [0.5, 0.6) is 5.75 Å². The highest BCUT2D eigenvalue weighted by atomic mass is 16.5. The minimum atomic E-state index is -0.621. The summed E-state index contributed by atoms with van der Waals surface area (Å²) in [6.07, 6.45) is -0.0247. The van der Waals surface area contributed by atoms with E-state index in [2.05, 4.69) is 10.6 Å². The zero-order valence-corrected chi connectivity index (χ0v) is 13.6. The van der Waals surface area contributed by atoms with Gasteiger partial charge in [-0.25, -0.2) is 0 Å². The van der Waals surface area contributed by atoms with Gasteiger partial charge in [-0.2, -0.15) is 0 Å². The molecule has 3 amide bonds. The number of ether oxygens (including phenoxy) is 1. The number of nitrogens with zero attached hydrogens (tertiary/aromatic N) is 1. The molecule has 1 fully saturated rings. The van der Waals surface area contributed by atoms with Crippen molar-refractivity contribution in [3.05, 3.63) is 29.8 Å². The van der Waals surface area contributed by atoms with E-state index in [0.717, 1.165) is 11.3 Å². The van der Waals surface area contributed by atoms with E-state index in [4.69, 9.17) is 10.5 Å². The average Bonchev–Trinajstić information content (AvgIpc) is 2.56. The molecule has 0 aromatic heterocycles. The molecule has 1 aliphatic rings. The number of hydrogen-bond donors (Lipinski definition) is 3. The SMILES string of the molecule is COc1cccc(CN2CCNC(=O)[C@@H]2CC(=O)NCC(N)=O)c1. The van der Waals surface area contributed by atoms with Crippen LogP contribution in [0.4, 0.5) is 0 Å². The molecule has 4 N–H and O–H groups in total. The van der Waals surface area contributed by atoms with E-state index in [-0.39, 0.29) is 24.8 Å². The first kappa shape index (κ1) is 17.7. The van der Waals surface area contributed by atoms with Crippen LogP contribution in [0.15, 0.2) is 24.3 Å². The number of carbonyl (C=O) groups is 3. The molecule has 24 heavy (non-hydrogen) atoms. The maximum atomic E-state index is 12.1. The lowest BCUT2D eigenvalue weighted by Crippen LogP contribution is -2.56. The maximum Gasteiger partial charge on any atom is 0.237 e. The predicted molar refractivity (Wildman–Crippen MR) is 87.0 cm³/mol. The van der Waals surface area contributed by atoms with E-state index in [0.29, 0.717) is 19.6 Å². The summed E-state index contributed by atoms with van der Waals surface area (Å²) in [6.45, 7) is 1.46. The first-order valence-electron chi connectivity index (χ1n) is 7.69. The number of benzene rings is 1. The molecule has 0 aliphatic carbocycles. The van der Waals surface area contributed by atoms with Crippen molar-refractivity contribution in [2.24, 2.45) is 5.73 Å². The van der Waals surface area contributed by atoms with Gasteiger partial charge in [0.2, 0.25) is 17.7 Å². The van der Waals surface area contributed by atoms with Gasteiger partial charge in [0.15, 0.2) is 0 Å². The minimum absolute atomic E-state index is 0.0247. The molecule has 1 atom stereocenters. The summed E-state index contributed by atoms with van der Waals surface area (Å²) in [4.78, 5) is 36.7. The minimum Gasteiger partial charge on any atom is -0.497 e. The average molecular weight is 334 g/mol. The van der Waals surface area contributed by atoms with Crippen LogP contribution in [0.25, 0.3) is 0 Å². The summed E-state index contributed by atoms with van der Waals surface area (Å²) >= 11 is 0. The Morgan fingerprint density at radius 1 is 1.46 bits per heavy atom. The van der Waals surface area contributed by atoms with Crippen LogP contribution < -0.4 is 21.1 Å². The summed E-state index contributed by atoms with van der Waals surface area (Å²) < 4.78 is 5.21. The third-order valence-corrected chi connectivity index (χ3v) is 3.80. The molecule has 8 nitrogen and oxygen atoms in total. The van der Waals surface area contributed by atoms with E-state index >= 15 is 0 Å². The summed E-state index contributed by atoms with van der Waals surface area (Å²) in [5.41, 5.74) is 6.00. The van der Waals surface area contributed by atoms with Crippen LogP contribution in [-0.2, 0) is 20.9 Å². The highest BCUT2D eigenvalue weighted by molar-refractivity contribution is 5.90. The number of primary amides is 1. The summed E-state index contributed by atoms with van der Waals surface area (Å²) in [7, 11) is 1.60. The first-order chi connectivity index (χ1) is 11.5. The molecule has 1 saturated heterocycles. The molecule has 130 valence electrons. The Balaban J connectivity index is 2.03. The molecule has 0 unspecified atom stereocenters. The van der Waals surface area contributed by atoms with Gasteiger partial charge in [-0.15, -0.1) is 0 Å². The van der Waals surface area contributed by atoms with Gasteiger partial charge in [-0.05, 0) is 17.7 Å². The highest BCUT2D eigenvalue weighted by Gasteiger charge is 2.31. The number of piperazine rings is 1. The van der Waals surface area contributed by atoms with E-state index in [9.17, 15) is 14.4 Å². The standard InChI is InChI=1S/C16H22N4O4/c1-24-12-4-2-3-11(7-12)10-20-6-5-18-16(23)13(20)8-15(22)19-9-14(17)21/h2-4,7,13H,5-6,8-10H2,1H3,(H2,17,21)(H,18,23)(H,19,22)/t13-/m0/s1. The Hall–Kier alpha value is -2.61. The summed E-state index contributed by atoms with van der Waals surface area (Å²) in [6, 6.07) is 6.99. The highest BCUT2D eigenvalue weighted by Crippen LogP contribution is 2.17. The van der Waals surface area contributed by atoms with Crippen molar-refractivity contribution in [1.82, 2.24) is 15.5 Å². The van der Waals surface area contributed by atoms with Crippen molar-refractivity contribution in [3.8, 4) is 5.75 Å². The molecule has 1 heterocycles. The van der Waals surface area contributed by atoms with E-state index in [1.54, 1.807) is 7.11 Å². The smallest absolute Gasteiger partial charge is 0.237 e. The van der Waals surface area contributed by atoms with Crippen LogP contribution in [0.1, 0.15) is 12.0 Å². The number of amides is 3. The molecule has 8 heteroatoms. The molecule has 1 aliphatic heterocycles. The number of nitrogens with one attached hydrogen (secondary N) is 2. The fourth-order valence-electron chi connectivity index (χ4n) is 2.61. The van der Waals surface area contributed by atoms with Crippen molar-refractivity contribution in [2.75, 3.05) is 26.7 Å². The van der Waals surface area contributed by atoms with Gasteiger partial charge < -0.3 is 21.1 Å². The Morgan fingerprint density at radius 2 is 2.25 bits per heavy atom. The summed E-state index contributed by atoms with van der Waals surface area (Å²) in [5, 5.41) is 5.18. The van der Waals surface area contributed by atoms with Crippen molar-refractivity contribution in [1.29, 1.82) is 0 Å². The lowest BCUT2D eigenvalue weighted by atomic mass is 10.1. The number of nitrogens with two attached hydrogens (primary N) is 1. The Labute approximate surface area is 140 Å². The molecule has 0 spiro atoms. The normalized spacial score (nSPS) is 17.9. The van der Waals surface area contributed by atoms with Gasteiger partial charge in [-0.3, -0.25) is 19.3 Å². The second-order valence-electron chi connectivity index (χ2n) is 5.58. The zero-order valence-electron chi connectivity index (χ0n) is 13.6. The fourth-order valence-corrected chi connectivity index (χ4v) is 2.61. The fraction of sp³-hybridized carbons (Fsp3) is 0.438. The lowest BCUT2D eigenvalue weighted by Gasteiger charge is -2.34. The first-order valence-corrected chi connectivity index (χ1v) is 7.69. The lowest BCUT2D eigenvalue weighted by molar-refractivity contribution is -0.134. The van der Waals surface area contributed by atoms with Crippen molar-refractivity contribution >= 4 is 17.7 Å². The molecular formula is C16H22N4O4. The Bertz CT molecular complexity index is 620. The summed E-state index contributed by atoms with van der Waals surface area (Å²) in [5.74, 6) is -0.459. The monoisotopic (exact) mass is 334 g/mol. The van der Waals surface area contributed by atoms with Crippen LogP contribution in [0.2, 0.25) is 0 Å². The quantitative estimate of drug-likeness (QED) is 0.591. The van der Waals surface area contributed by atoms with Crippen LogP contribution in [-0.4, -0.2) is 55.4 Å². The van der Waals surface area contributed by atoms with Crippen molar-refractivity contribution < 1.29 is 19.1 Å². The number of methoxy groups -OCH3 is 1. The number of carbonyl (C=O) groups excluding carboxylic acids is 3. The van der Waals surface area contributed by atoms with Crippen LogP contribution >= 0.6 is 0 Å². The van der Waals surface area contributed by atoms with E-state index < -0.39 is 11.9 Å². The van der Waals surface area contributed by atoms with Gasteiger partial charge >= 0.3 is 0 Å². The molecule has 0 radical (unpaired) electrons. The van der Waals surface area contributed by atoms with Gasteiger partial charge in [0.05, 0.1) is 26.1 Å². The number of hydrogen-bond acceptors (Lipinski definition) is 5. The molecule has 2 rings (SSSR count). The second kappa shape index (κ2) is 8.30. The van der Waals surface area contributed by atoms with E-state index in [1.165, 1.54) is 0 Å². The third-order valence-electron chi connectivity index (χ3n) is 3.80. The molecule has 0 bridgehead atoms. The Morgan fingerprint density at radius 3 is 2.96 bits per heavy atom. The topological polar surface area (TPSA) is 114 Å². The third kappa shape index (κ3) is 4.95. The second-order valence-corrected chi connectivity index (χ2v) is 5.58. The zero-order chi connectivity index (χ0) is 17.5. The molecule has 0 saturated carbocycles. The van der Waals surface area contributed by atoms with Crippen LogP contribution in [0, 0.1) is 0 Å². The largest absolute Gasteiger partial charge is 0.497 e.